The molecule has 35 heavy (non-hydrogen) atoms. The second kappa shape index (κ2) is 11.8. The molecule has 0 unspecified atom stereocenters. The van der Waals surface area contributed by atoms with E-state index in [1.54, 1.807) is 30.3 Å². The van der Waals surface area contributed by atoms with Gasteiger partial charge in [0.15, 0.2) is 0 Å². The highest BCUT2D eigenvalue weighted by atomic mass is 32.2. The number of rotatable bonds is 8. The lowest BCUT2D eigenvalue weighted by molar-refractivity contribution is -0.116. The van der Waals surface area contributed by atoms with Gasteiger partial charge in [0.05, 0.1) is 18.1 Å². The molecule has 2 aromatic rings. The Morgan fingerprint density at radius 1 is 1.00 bits per heavy atom. The summed E-state index contributed by atoms with van der Waals surface area (Å²) in [6.45, 7) is 8.99. The Bertz CT molecular complexity index is 1120. The molecule has 8 nitrogen and oxygen atoms in total. The average molecular weight is 499 g/mol. The molecule has 2 fully saturated rings. The zero-order chi connectivity index (χ0) is 24.7. The molecule has 2 aliphatic rings. The summed E-state index contributed by atoms with van der Waals surface area (Å²) >= 11 is 0. The van der Waals surface area contributed by atoms with Crippen LogP contribution in [0.5, 0.6) is 0 Å². The molecule has 2 aliphatic heterocycles. The average Bonchev–Trinajstić information content (AvgIpc) is 2.89. The van der Waals surface area contributed by atoms with Gasteiger partial charge in [0.1, 0.15) is 0 Å². The van der Waals surface area contributed by atoms with E-state index in [-0.39, 0.29) is 10.8 Å². The number of benzene rings is 2. The van der Waals surface area contributed by atoms with E-state index in [1.165, 1.54) is 21.6 Å². The first kappa shape index (κ1) is 25.4. The Morgan fingerprint density at radius 2 is 1.71 bits per heavy atom. The Kier molecular flexibility index (Phi) is 8.56. The van der Waals surface area contributed by atoms with Crippen molar-refractivity contribution in [1.82, 2.24) is 14.5 Å². The summed E-state index contributed by atoms with van der Waals surface area (Å²) in [5.41, 5.74) is 3.32. The van der Waals surface area contributed by atoms with Gasteiger partial charge in [-0.3, -0.25) is 9.69 Å². The lowest BCUT2D eigenvalue weighted by Crippen LogP contribution is -2.48. The van der Waals surface area contributed by atoms with E-state index in [0.717, 1.165) is 38.3 Å². The van der Waals surface area contributed by atoms with E-state index in [9.17, 15) is 13.2 Å². The van der Waals surface area contributed by atoms with Gasteiger partial charge in [-0.25, -0.2) is 8.42 Å². The van der Waals surface area contributed by atoms with Crippen LogP contribution in [0.15, 0.2) is 59.5 Å². The van der Waals surface area contributed by atoms with E-state index < -0.39 is 10.0 Å². The molecule has 9 heteroatoms. The number of morpholine rings is 1. The first-order valence-electron chi connectivity index (χ1n) is 12.1. The fourth-order valence-electron chi connectivity index (χ4n) is 4.31. The van der Waals surface area contributed by atoms with Crippen LogP contribution in [0.2, 0.25) is 0 Å². The van der Waals surface area contributed by atoms with Gasteiger partial charge in [-0.1, -0.05) is 24.3 Å². The number of nitrogens with zero attached hydrogens (tertiary/aromatic N) is 3. The van der Waals surface area contributed by atoms with Crippen molar-refractivity contribution in [3.8, 4) is 0 Å². The van der Waals surface area contributed by atoms with Gasteiger partial charge in [-0.2, -0.15) is 4.31 Å². The maximum Gasteiger partial charge on any atom is 0.244 e. The maximum absolute atomic E-state index is 12.7. The maximum atomic E-state index is 12.7. The highest BCUT2D eigenvalue weighted by molar-refractivity contribution is 7.89. The van der Waals surface area contributed by atoms with Gasteiger partial charge in [-0.15, -0.1) is 0 Å². The summed E-state index contributed by atoms with van der Waals surface area (Å²) in [5, 5.41) is 2.93. The number of aryl methyl sites for hydroxylation is 1. The lowest BCUT2D eigenvalue weighted by Gasteiger charge is -2.36. The second-order valence-corrected chi connectivity index (χ2v) is 10.8. The second-order valence-electron chi connectivity index (χ2n) is 8.88. The molecule has 0 bridgehead atoms. The number of nitrogens with one attached hydrogen (secondary N) is 1. The highest BCUT2D eigenvalue weighted by Gasteiger charge is 2.26. The molecule has 0 spiro atoms. The summed E-state index contributed by atoms with van der Waals surface area (Å²) in [6, 6.07) is 15.2. The Hall–Kier alpha value is -2.72. The number of sulfonamides is 1. The van der Waals surface area contributed by atoms with Gasteiger partial charge in [0.2, 0.25) is 15.9 Å². The largest absolute Gasteiger partial charge is 0.379 e. The third-order valence-electron chi connectivity index (χ3n) is 6.38. The Morgan fingerprint density at radius 3 is 2.40 bits per heavy atom. The van der Waals surface area contributed by atoms with Crippen molar-refractivity contribution in [3.05, 3.63) is 65.7 Å². The molecule has 1 amide bonds. The van der Waals surface area contributed by atoms with Crippen molar-refractivity contribution in [1.29, 1.82) is 0 Å². The summed E-state index contributed by atoms with van der Waals surface area (Å²) in [5.74, 6) is -0.159. The van der Waals surface area contributed by atoms with Crippen LogP contribution in [0.1, 0.15) is 11.1 Å². The summed E-state index contributed by atoms with van der Waals surface area (Å²) in [4.78, 5) is 17.2. The fraction of sp³-hybridized carbons (Fsp3) is 0.423. The van der Waals surface area contributed by atoms with E-state index in [0.29, 0.717) is 32.8 Å². The Balaban J connectivity index is 1.18. The fourth-order valence-corrected chi connectivity index (χ4v) is 5.72. The number of anilines is 1. The molecule has 2 saturated heterocycles. The van der Waals surface area contributed by atoms with Crippen LogP contribution in [0.25, 0.3) is 6.08 Å². The summed E-state index contributed by atoms with van der Waals surface area (Å²) < 4.78 is 32.1. The molecule has 0 atom stereocenters. The van der Waals surface area contributed by atoms with Gasteiger partial charge in [-0.05, 0) is 48.4 Å². The quantitative estimate of drug-likeness (QED) is 0.561. The first-order valence-corrected chi connectivity index (χ1v) is 13.5. The molecule has 1 N–H and O–H groups in total. The van der Waals surface area contributed by atoms with Crippen LogP contribution in [0, 0.1) is 6.92 Å². The molecule has 0 aliphatic carbocycles. The molecule has 188 valence electrons. The van der Waals surface area contributed by atoms with Crippen LogP contribution < -0.4 is 10.2 Å². The topological polar surface area (TPSA) is 82.2 Å². The minimum absolute atomic E-state index is 0.159. The molecule has 0 aromatic heterocycles. The van der Waals surface area contributed by atoms with Gasteiger partial charge >= 0.3 is 0 Å². The molecule has 4 rings (SSSR count). The molecule has 0 saturated carbocycles. The normalized spacial score (nSPS) is 18.1. The SMILES string of the molecule is Cc1cccc(N2CCN(CCNC(=O)C=Cc3ccc(S(=O)(=O)N4CCOCC4)cc3)CC2)c1. The molecule has 0 radical (unpaired) electrons. The summed E-state index contributed by atoms with van der Waals surface area (Å²) in [6.07, 6.45) is 3.18. The number of carbonyl (C=O) groups is 1. The number of ether oxygens (including phenoxy) is 1. The van der Waals surface area contributed by atoms with Crippen molar-refractivity contribution in [3.63, 3.8) is 0 Å². The van der Waals surface area contributed by atoms with E-state index in [1.807, 2.05) is 0 Å². The van der Waals surface area contributed by atoms with E-state index >= 15 is 0 Å². The third kappa shape index (κ3) is 6.91. The van der Waals surface area contributed by atoms with E-state index in [4.69, 9.17) is 4.74 Å². The predicted molar refractivity (Wildman–Crippen MR) is 138 cm³/mol. The number of amides is 1. The molecular formula is C26H34N4O4S. The van der Waals surface area contributed by atoms with Crippen molar-refractivity contribution in [2.75, 3.05) is 70.5 Å². The van der Waals surface area contributed by atoms with Crippen LogP contribution in [-0.2, 0) is 19.6 Å². The smallest absolute Gasteiger partial charge is 0.244 e. The van der Waals surface area contributed by atoms with E-state index in [2.05, 4.69) is 46.3 Å². The monoisotopic (exact) mass is 498 g/mol. The molecule has 2 heterocycles. The summed E-state index contributed by atoms with van der Waals surface area (Å²) in [7, 11) is -3.51. The molecule has 2 aromatic carbocycles. The van der Waals surface area contributed by atoms with Gasteiger partial charge < -0.3 is 15.0 Å². The third-order valence-corrected chi connectivity index (χ3v) is 8.29. The van der Waals surface area contributed by atoms with Crippen LogP contribution in [-0.4, -0.2) is 89.1 Å². The highest BCUT2D eigenvalue weighted by Crippen LogP contribution is 2.19. The van der Waals surface area contributed by atoms with Gasteiger partial charge in [0.25, 0.3) is 0 Å². The van der Waals surface area contributed by atoms with Crippen molar-refractivity contribution < 1.29 is 17.9 Å². The minimum Gasteiger partial charge on any atom is -0.379 e. The van der Waals surface area contributed by atoms with Crippen molar-refractivity contribution in [2.45, 2.75) is 11.8 Å². The van der Waals surface area contributed by atoms with Crippen LogP contribution >= 0.6 is 0 Å². The van der Waals surface area contributed by atoms with Crippen LogP contribution in [0.4, 0.5) is 5.69 Å². The number of piperazine rings is 1. The van der Waals surface area contributed by atoms with Gasteiger partial charge in [0, 0.05) is 64.1 Å². The first-order chi connectivity index (χ1) is 16.9. The number of carbonyl (C=O) groups excluding carboxylic acids is 1. The minimum atomic E-state index is -3.51. The molecular weight excluding hydrogens is 464 g/mol. The number of hydrogen-bond acceptors (Lipinski definition) is 6. The van der Waals surface area contributed by atoms with Crippen molar-refractivity contribution >= 4 is 27.7 Å². The predicted octanol–water partition coefficient (Wildman–Crippen LogP) is 1.97. The van der Waals surface area contributed by atoms with Crippen LogP contribution in [0.3, 0.4) is 0 Å². The zero-order valence-electron chi connectivity index (χ0n) is 20.2. The Labute approximate surface area is 208 Å². The number of hydrogen-bond donors (Lipinski definition) is 1. The van der Waals surface area contributed by atoms with Crippen molar-refractivity contribution in [2.24, 2.45) is 0 Å². The standard InChI is InChI=1S/C26H34N4O4S/c1-22-3-2-4-24(21-22)29-15-13-28(14-16-29)12-11-27-26(31)10-7-23-5-8-25(9-6-23)35(32,33)30-17-19-34-20-18-30/h2-10,21H,11-20H2,1H3,(H,27,31). The lowest BCUT2D eigenvalue weighted by atomic mass is 10.2. The zero-order valence-corrected chi connectivity index (χ0v) is 21.0.